The first-order valence-corrected chi connectivity index (χ1v) is 5.39. The molecule has 0 saturated carbocycles. The molecule has 70 valence electrons. The molecule has 0 spiro atoms. The van der Waals surface area contributed by atoms with Gasteiger partial charge in [-0.25, -0.2) is 8.42 Å². The van der Waals surface area contributed by atoms with E-state index in [0.717, 1.165) is 0 Å². The zero-order valence-electron chi connectivity index (χ0n) is 6.74. The summed E-state index contributed by atoms with van der Waals surface area (Å²) in [5.74, 6) is -0.475. The molecule has 1 fully saturated rings. The van der Waals surface area contributed by atoms with E-state index in [1.54, 1.807) is 0 Å². The summed E-state index contributed by atoms with van der Waals surface area (Å²) in [4.78, 5) is 10.9. The van der Waals surface area contributed by atoms with Gasteiger partial charge in [-0.2, -0.15) is 0 Å². The number of sulfone groups is 1. The average Bonchev–Trinajstić information content (AvgIpc) is 2.03. The van der Waals surface area contributed by atoms with Gasteiger partial charge in [-0.3, -0.25) is 10.1 Å². The molecular formula is C6H11NO4S. The average molecular weight is 193 g/mol. The smallest absolute Gasteiger partial charge is 0.322 e. The Kier molecular flexibility index (Phi) is 2.69. The van der Waals surface area contributed by atoms with Crippen LogP contribution in [0.4, 0.5) is 0 Å². The fraction of sp³-hybridized carbons (Fsp3) is 0.833. The Labute approximate surface area is 71.0 Å². The number of rotatable bonds is 1. The highest BCUT2D eigenvalue weighted by atomic mass is 32.2. The number of hydrogen-bond donors (Lipinski definition) is 1. The third kappa shape index (κ3) is 2.18. The third-order valence-electron chi connectivity index (χ3n) is 1.75. The maximum Gasteiger partial charge on any atom is 0.322 e. The minimum Gasteiger partial charge on any atom is -0.468 e. The van der Waals surface area contributed by atoms with Gasteiger partial charge in [0.25, 0.3) is 0 Å². The zero-order chi connectivity index (χ0) is 9.19. The van der Waals surface area contributed by atoms with Gasteiger partial charge in [0, 0.05) is 0 Å². The molecule has 0 radical (unpaired) electrons. The van der Waals surface area contributed by atoms with E-state index < -0.39 is 21.8 Å². The van der Waals surface area contributed by atoms with Crippen LogP contribution in [0.15, 0.2) is 0 Å². The van der Waals surface area contributed by atoms with Crippen molar-refractivity contribution in [3.63, 3.8) is 0 Å². The topological polar surface area (TPSA) is 72.5 Å². The highest BCUT2D eigenvalue weighted by molar-refractivity contribution is 7.91. The van der Waals surface area contributed by atoms with E-state index in [-0.39, 0.29) is 11.6 Å². The van der Waals surface area contributed by atoms with Gasteiger partial charge in [-0.05, 0) is 6.42 Å². The van der Waals surface area contributed by atoms with Crippen molar-refractivity contribution >= 4 is 15.8 Å². The van der Waals surface area contributed by atoms with Crippen molar-refractivity contribution in [3.8, 4) is 0 Å². The lowest BCUT2D eigenvalue weighted by molar-refractivity contribution is -0.143. The Balaban J connectivity index is 2.52. The molecule has 0 aromatic rings. The Morgan fingerprint density at radius 3 is 2.67 bits per heavy atom. The van der Waals surface area contributed by atoms with Crippen LogP contribution < -0.4 is 5.32 Å². The summed E-state index contributed by atoms with van der Waals surface area (Å²) in [6, 6.07) is -0.460. The summed E-state index contributed by atoms with van der Waals surface area (Å²) < 4.78 is 26.2. The highest BCUT2D eigenvalue weighted by Gasteiger charge is 2.28. The molecule has 0 aromatic carbocycles. The Morgan fingerprint density at radius 2 is 2.25 bits per heavy atom. The quantitative estimate of drug-likeness (QED) is 0.535. The molecule has 1 atom stereocenters. The molecule has 0 amide bonds. The minimum absolute atomic E-state index is 0.0553. The Hall–Kier alpha value is -0.620. The zero-order valence-corrected chi connectivity index (χ0v) is 7.56. The van der Waals surface area contributed by atoms with Crippen LogP contribution in [-0.4, -0.2) is 39.2 Å². The molecule has 1 saturated heterocycles. The van der Waals surface area contributed by atoms with Crippen LogP contribution in [0.25, 0.3) is 0 Å². The predicted molar refractivity (Wildman–Crippen MR) is 42.2 cm³/mol. The lowest BCUT2D eigenvalue weighted by Gasteiger charge is -2.20. The largest absolute Gasteiger partial charge is 0.468 e. The van der Waals surface area contributed by atoms with Crippen LogP contribution in [-0.2, 0) is 19.4 Å². The van der Waals surface area contributed by atoms with E-state index in [1.807, 2.05) is 0 Å². The molecule has 6 heteroatoms. The van der Waals surface area contributed by atoms with Crippen LogP contribution >= 0.6 is 0 Å². The van der Waals surface area contributed by atoms with E-state index >= 15 is 0 Å². The van der Waals surface area contributed by atoms with Crippen molar-refractivity contribution in [3.05, 3.63) is 0 Å². The summed E-state index contributed by atoms with van der Waals surface area (Å²) in [7, 11) is -1.69. The van der Waals surface area contributed by atoms with Gasteiger partial charge in [0.2, 0.25) is 0 Å². The lowest BCUT2D eigenvalue weighted by atomic mass is 10.2. The number of nitrogens with one attached hydrogen (secondary N) is 1. The standard InChI is InChI=1S/C6H11NO4S/c1-11-6(8)5-2-3-12(9,10)4-7-5/h5,7H,2-4H2,1H3. The molecule has 0 aromatic heterocycles. The minimum atomic E-state index is -2.98. The fourth-order valence-corrected chi connectivity index (χ4v) is 2.24. The molecule has 1 aliphatic rings. The molecule has 1 rings (SSSR count). The molecule has 1 aliphatic heterocycles. The maximum atomic E-state index is 10.9. The summed E-state index contributed by atoms with van der Waals surface area (Å²) in [5, 5.41) is 2.60. The molecule has 0 aliphatic carbocycles. The number of esters is 1. The SMILES string of the molecule is COC(=O)C1CCS(=O)(=O)CN1. The molecule has 0 bridgehead atoms. The van der Waals surface area contributed by atoms with E-state index in [0.29, 0.717) is 6.42 Å². The second-order valence-electron chi connectivity index (χ2n) is 2.66. The van der Waals surface area contributed by atoms with Gasteiger partial charge in [0.05, 0.1) is 18.7 Å². The highest BCUT2D eigenvalue weighted by Crippen LogP contribution is 2.05. The van der Waals surface area contributed by atoms with Gasteiger partial charge in [-0.1, -0.05) is 0 Å². The summed E-state index contributed by atoms with van der Waals surface area (Å²) in [6.07, 6.45) is 0.301. The van der Waals surface area contributed by atoms with Gasteiger partial charge in [0.15, 0.2) is 9.84 Å². The first-order chi connectivity index (χ1) is 5.55. The van der Waals surface area contributed by atoms with Crippen molar-refractivity contribution in [1.82, 2.24) is 5.32 Å². The van der Waals surface area contributed by atoms with Gasteiger partial charge >= 0.3 is 5.97 Å². The van der Waals surface area contributed by atoms with Gasteiger partial charge in [0.1, 0.15) is 6.04 Å². The molecule has 12 heavy (non-hydrogen) atoms. The third-order valence-corrected chi connectivity index (χ3v) is 3.22. The molecule has 1 unspecified atom stereocenters. The number of ether oxygens (including phenoxy) is 1. The van der Waals surface area contributed by atoms with E-state index in [9.17, 15) is 13.2 Å². The molecular weight excluding hydrogens is 182 g/mol. The normalized spacial score (nSPS) is 27.9. The van der Waals surface area contributed by atoms with Crippen molar-refractivity contribution < 1.29 is 17.9 Å². The van der Waals surface area contributed by atoms with Crippen molar-refractivity contribution in [2.45, 2.75) is 12.5 Å². The summed E-state index contributed by atoms with van der Waals surface area (Å²) in [6.45, 7) is 0. The van der Waals surface area contributed by atoms with Crippen LogP contribution in [0.5, 0.6) is 0 Å². The molecule has 5 nitrogen and oxygen atoms in total. The molecule has 1 heterocycles. The Bertz CT molecular complexity index is 257. The van der Waals surface area contributed by atoms with Crippen LogP contribution in [0.3, 0.4) is 0 Å². The van der Waals surface area contributed by atoms with Crippen LogP contribution in [0, 0.1) is 0 Å². The van der Waals surface area contributed by atoms with Crippen molar-refractivity contribution in [1.29, 1.82) is 0 Å². The summed E-state index contributed by atoms with van der Waals surface area (Å²) >= 11 is 0. The monoisotopic (exact) mass is 193 g/mol. The van der Waals surface area contributed by atoms with Gasteiger partial charge in [-0.15, -0.1) is 0 Å². The Morgan fingerprint density at radius 1 is 1.58 bits per heavy atom. The second kappa shape index (κ2) is 3.40. The molecule has 1 N–H and O–H groups in total. The fourth-order valence-electron chi connectivity index (χ4n) is 1.04. The van der Waals surface area contributed by atoms with E-state index in [1.165, 1.54) is 7.11 Å². The number of methoxy groups -OCH3 is 1. The maximum absolute atomic E-state index is 10.9. The number of hydrogen-bond acceptors (Lipinski definition) is 5. The van der Waals surface area contributed by atoms with E-state index in [4.69, 9.17) is 0 Å². The van der Waals surface area contributed by atoms with Crippen LogP contribution in [0.1, 0.15) is 6.42 Å². The van der Waals surface area contributed by atoms with Crippen molar-refractivity contribution in [2.24, 2.45) is 0 Å². The van der Waals surface area contributed by atoms with E-state index in [2.05, 4.69) is 10.1 Å². The van der Waals surface area contributed by atoms with Gasteiger partial charge < -0.3 is 4.74 Å². The first kappa shape index (κ1) is 9.47. The summed E-state index contributed by atoms with van der Waals surface area (Å²) in [5.41, 5.74) is 0. The number of carbonyl (C=O) groups is 1. The predicted octanol–water partition coefficient (Wildman–Crippen LogP) is -1.11. The number of carbonyl (C=O) groups excluding carboxylic acids is 1. The van der Waals surface area contributed by atoms with Crippen molar-refractivity contribution in [2.75, 3.05) is 18.7 Å². The van der Waals surface area contributed by atoms with Crippen LogP contribution in [0.2, 0.25) is 0 Å². The second-order valence-corrected chi connectivity index (χ2v) is 4.84. The first-order valence-electron chi connectivity index (χ1n) is 3.57. The lowest BCUT2D eigenvalue weighted by Crippen LogP contribution is -2.46.